The number of fused-ring (bicyclic) bond motifs is 1. The van der Waals surface area contributed by atoms with Crippen molar-refractivity contribution in [1.29, 1.82) is 0 Å². The van der Waals surface area contributed by atoms with Gasteiger partial charge < -0.3 is 20.3 Å². The maximum atomic E-state index is 13.3. The number of nitrogens with one attached hydrogen (secondary N) is 1. The molecule has 182 valence electrons. The molecule has 0 spiro atoms. The molecule has 3 N–H and O–H groups in total. The largest absolute Gasteiger partial charge is 0.497 e. The molecule has 2 atom stereocenters. The van der Waals surface area contributed by atoms with Gasteiger partial charge in [-0.15, -0.1) is 0 Å². The second-order valence-corrected chi connectivity index (χ2v) is 8.59. The number of hydrogen-bond donors (Lipinski definition) is 3. The zero-order valence-electron chi connectivity index (χ0n) is 19.1. The van der Waals surface area contributed by atoms with Crippen LogP contribution >= 0.6 is 0 Å². The van der Waals surface area contributed by atoms with Crippen molar-refractivity contribution in [2.45, 2.75) is 12.2 Å². The molecule has 4 rings (SSSR count). The van der Waals surface area contributed by atoms with Gasteiger partial charge in [-0.1, -0.05) is 0 Å². The number of ether oxygens (including phenoxy) is 1. The zero-order valence-corrected chi connectivity index (χ0v) is 19.1. The van der Waals surface area contributed by atoms with Crippen LogP contribution in [0.15, 0.2) is 48.7 Å². The molecule has 2 aromatic carbocycles. The van der Waals surface area contributed by atoms with Crippen molar-refractivity contribution in [3.8, 4) is 5.75 Å². The van der Waals surface area contributed by atoms with Crippen LogP contribution in [-0.4, -0.2) is 84.0 Å². The molecule has 34 heavy (non-hydrogen) atoms. The fraction of sp³-hybridized carbons (Fsp3) is 0.400. The van der Waals surface area contributed by atoms with E-state index in [0.717, 1.165) is 54.5 Å². The minimum Gasteiger partial charge on any atom is -0.497 e. The number of pyridine rings is 1. The summed E-state index contributed by atoms with van der Waals surface area (Å²) >= 11 is 0. The van der Waals surface area contributed by atoms with Crippen LogP contribution < -0.4 is 10.1 Å². The van der Waals surface area contributed by atoms with Gasteiger partial charge in [-0.25, -0.2) is 8.78 Å². The standard InChI is InChI=1S/C25H30F2N4O3/c1-34-21-2-3-24-23(13-21)22(4-5-28-24)25(33)16-31-8-6-30(7-9-31)15-20(32)14-29-19-11-17(26)10-18(27)12-19/h2-5,10-13,20,25,29,32-33H,6-9,14-16H2,1H3. The van der Waals surface area contributed by atoms with E-state index in [1.165, 1.54) is 12.1 Å². The van der Waals surface area contributed by atoms with Gasteiger partial charge in [0.1, 0.15) is 17.4 Å². The van der Waals surface area contributed by atoms with Gasteiger partial charge in [-0.05, 0) is 42.0 Å². The molecule has 2 heterocycles. The summed E-state index contributed by atoms with van der Waals surface area (Å²) in [6.07, 6.45) is 0.367. The Labute approximate surface area is 197 Å². The van der Waals surface area contributed by atoms with Crippen molar-refractivity contribution in [3.63, 3.8) is 0 Å². The Balaban J connectivity index is 1.26. The number of aliphatic hydroxyl groups excluding tert-OH is 2. The van der Waals surface area contributed by atoms with Crippen molar-refractivity contribution < 1.29 is 23.7 Å². The van der Waals surface area contributed by atoms with Crippen LogP contribution in [0.1, 0.15) is 11.7 Å². The molecule has 0 radical (unpaired) electrons. The minimum atomic E-state index is -0.679. The average molecular weight is 473 g/mol. The summed E-state index contributed by atoms with van der Waals surface area (Å²) in [5.41, 5.74) is 1.93. The van der Waals surface area contributed by atoms with Gasteiger partial charge in [0.05, 0.1) is 24.8 Å². The quantitative estimate of drug-likeness (QED) is 0.442. The summed E-state index contributed by atoms with van der Waals surface area (Å²) in [5, 5.41) is 25.0. The molecule has 7 nitrogen and oxygen atoms in total. The Kier molecular flexibility index (Phi) is 7.89. The first kappa shape index (κ1) is 24.3. The van der Waals surface area contributed by atoms with E-state index < -0.39 is 23.8 Å². The fourth-order valence-corrected chi connectivity index (χ4v) is 4.32. The van der Waals surface area contributed by atoms with Gasteiger partial charge in [0.15, 0.2) is 0 Å². The van der Waals surface area contributed by atoms with E-state index >= 15 is 0 Å². The number of aromatic nitrogens is 1. The Hall–Kier alpha value is -2.85. The third-order valence-electron chi connectivity index (χ3n) is 6.11. The molecule has 1 saturated heterocycles. The van der Waals surface area contributed by atoms with Crippen LogP contribution in [0.25, 0.3) is 10.9 Å². The summed E-state index contributed by atoms with van der Waals surface area (Å²) in [7, 11) is 1.61. The van der Waals surface area contributed by atoms with Gasteiger partial charge in [0, 0.05) is 69.2 Å². The summed E-state index contributed by atoms with van der Waals surface area (Å²) < 4.78 is 31.9. The molecule has 1 fully saturated rings. The third kappa shape index (κ3) is 6.18. The topological polar surface area (TPSA) is 81.1 Å². The number of methoxy groups -OCH3 is 1. The first-order chi connectivity index (χ1) is 16.4. The maximum Gasteiger partial charge on any atom is 0.128 e. The number of benzene rings is 2. The van der Waals surface area contributed by atoms with Gasteiger partial charge in [0.2, 0.25) is 0 Å². The van der Waals surface area contributed by atoms with E-state index in [1.54, 1.807) is 13.3 Å². The highest BCUT2D eigenvalue weighted by atomic mass is 19.1. The van der Waals surface area contributed by atoms with E-state index in [4.69, 9.17) is 4.74 Å². The lowest BCUT2D eigenvalue weighted by molar-refractivity contribution is 0.0518. The Bertz CT molecular complexity index is 1090. The smallest absolute Gasteiger partial charge is 0.128 e. The number of hydrogen-bond acceptors (Lipinski definition) is 7. The monoisotopic (exact) mass is 472 g/mol. The van der Waals surface area contributed by atoms with Gasteiger partial charge in [0.25, 0.3) is 0 Å². The predicted molar refractivity (Wildman–Crippen MR) is 127 cm³/mol. The molecule has 3 aromatic rings. The zero-order chi connectivity index (χ0) is 24.1. The van der Waals surface area contributed by atoms with Crippen LogP contribution in [-0.2, 0) is 0 Å². The normalized spacial score (nSPS) is 17.0. The highest BCUT2D eigenvalue weighted by Crippen LogP contribution is 2.27. The fourth-order valence-electron chi connectivity index (χ4n) is 4.32. The maximum absolute atomic E-state index is 13.3. The van der Waals surface area contributed by atoms with Crippen LogP contribution in [0.3, 0.4) is 0 Å². The van der Waals surface area contributed by atoms with Crippen molar-refractivity contribution in [1.82, 2.24) is 14.8 Å². The summed E-state index contributed by atoms with van der Waals surface area (Å²) in [6.45, 7) is 4.18. The molecular formula is C25H30F2N4O3. The molecule has 9 heteroatoms. The Morgan fingerprint density at radius 3 is 2.32 bits per heavy atom. The predicted octanol–water partition coefficient (Wildman–Crippen LogP) is 2.65. The molecule has 0 bridgehead atoms. The molecule has 0 saturated carbocycles. The summed E-state index contributed by atoms with van der Waals surface area (Å²) in [5.74, 6) is -0.596. The molecule has 0 aliphatic carbocycles. The second-order valence-electron chi connectivity index (χ2n) is 8.59. The molecular weight excluding hydrogens is 442 g/mol. The van der Waals surface area contributed by atoms with Crippen molar-refractivity contribution in [2.75, 3.05) is 58.2 Å². The highest BCUT2D eigenvalue weighted by molar-refractivity contribution is 5.83. The van der Waals surface area contributed by atoms with Gasteiger partial charge >= 0.3 is 0 Å². The summed E-state index contributed by atoms with van der Waals surface area (Å²) in [4.78, 5) is 8.72. The molecule has 1 aliphatic heterocycles. The van der Waals surface area contributed by atoms with Crippen LogP contribution in [0.5, 0.6) is 5.75 Å². The molecule has 0 amide bonds. The van der Waals surface area contributed by atoms with Crippen LogP contribution in [0.4, 0.5) is 14.5 Å². The number of rotatable bonds is 9. The van der Waals surface area contributed by atoms with Crippen LogP contribution in [0, 0.1) is 11.6 Å². The SMILES string of the molecule is COc1ccc2nccc(C(O)CN3CCN(CC(O)CNc4cc(F)cc(F)c4)CC3)c2c1. The lowest BCUT2D eigenvalue weighted by Gasteiger charge is -2.36. The number of halogens is 2. The number of nitrogens with zero attached hydrogens (tertiary/aromatic N) is 3. The Morgan fingerprint density at radius 2 is 1.65 bits per heavy atom. The lowest BCUT2D eigenvalue weighted by Crippen LogP contribution is -2.50. The lowest BCUT2D eigenvalue weighted by atomic mass is 10.0. The van der Waals surface area contributed by atoms with E-state index in [1.807, 2.05) is 24.3 Å². The molecule has 2 unspecified atom stereocenters. The Morgan fingerprint density at radius 1 is 0.971 bits per heavy atom. The second kappa shape index (κ2) is 11.1. The van der Waals surface area contributed by atoms with E-state index in [2.05, 4.69) is 20.1 Å². The van der Waals surface area contributed by atoms with Gasteiger partial charge in [-0.2, -0.15) is 0 Å². The van der Waals surface area contributed by atoms with E-state index in [9.17, 15) is 19.0 Å². The third-order valence-corrected chi connectivity index (χ3v) is 6.11. The van der Waals surface area contributed by atoms with Crippen molar-refractivity contribution in [3.05, 3.63) is 65.9 Å². The molecule has 1 aliphatic rings. The summed E-state index contributed by atoms with van der Waals surface area (Å²) in [6, 6.07) is 10.7. The number of anilines is 1. The highest BCUT2D eigenvalue weighted by Gasteiger charge is 2.22. The average Bonchev–Trinajstić information content (AvgIpc) is 2.82. The van der Waals surface area contributed by atoms with Crippen molar-refractivity contribution >= 4 is 16.6 Å². The van der Waals surface area contributed by atoms with Gasteiger partial charge in [-0.3, -0.25) is 14.8 Å². The number of aliphatic hydroxyl groups is 2. The first-order valence-corrected chi connectivity index (χ1v) is 11.3. The van der Waals surface area contributed by atoms with Crippen molar-refractivity contribution in [2.24, 2.45) is 0 Å². The number of piperazine rings is 1. The van der Waals surface area contributed by atoms with E-state index in [-0.39, 0.29) is 6.54 Å². The number of β-amino-alcohol motifs (C(OH)–C–C–N with tert-alkyl or cyclic N) is 2. The minimum absolute atomic E-state index is 0.195. The van der Waals surface area contributed by atoms with E-state index in [0.29, 0.717) is 18.8 Å². The van der Waals surface area contributed by atoms with Crippen LogP contribution in [0.2, 0.25) is 0 Å². The molecule has 1 aromatic heterocycles. The first-order valence-electron chi connectivity index (χ1n) is 11.3.